The first kappa shape index (κ1) is 17.3. The Morgan fingerprint density at radius 2 is 2.12 bits per heavy atom. The molecule has 0 aromatic rings. The minimum Gasteiger partial charge on any atom is -0.466 e. The lowest BCUT2D eigenvalue weighted by atomic mass is 9.92. The van der Waals surface area contributed by atoms with E-state index in [1.165, 1.54) is 12.2 Å². The van der Waals surface area contributed by atoms with E-state index in [2.05, 4.69) is 0 Å². The Kier molecular flexibility index (Phi) is 4.90. The standard InChI is InChI=1S/C18H24O6/c1-2-9-22-16(21)11-15-10-14(20)12-18(23-15)8-7-17(24-18)5-3-13(19)4-6-17/h3-6,14-15,20H,2,7-12H2,1H3/t14?,15?,18-/m0/s1. The summed E-state index contributed by atoms with van der Waals surface area (Å²) in [5, 5.41) is 10.2. The Bertz CT molecular complexity index is 550. The van der Waals surface area contributed by atoms with Crippen molar-refractivity contribution in [3.63, 3.8) is 0 Å². The molecule has 2 saturated heterocycles. The molecule has 2 spiro atoms. The number of aliphatic hydroxyl groups is 1. The van der Waals surface area contributed by atoms with E-state index in [1.54, 1.807) is 12.2 Å². The number of ketones is 1. The second-order valence-electron chi connectivity index (χ2n) is 6.79. The van der Waals surface area contributed by atoms with Crippen molar-refractivity contribution in [3.8, 4) is 0 Å². The highest BCUT2D eigenvalue weighted by Gasteiger charge is 2.52. The van der Waals surface area contributed by atoms with Crippen LogP contribution in [-0.4, -0.2) is 47.1 Å². The van der Waals surface area contributed by atoms with Crippen LogP contribution in [0.15, 0.2) is 24.3 Å². The summed E-state index contributed by atoms with van der Waals surface area (Å²) in [4.78, 5) is 23.2. The fraction of sp³-hybridized carbons (Fsp3) is 0.667. The number of esters is 1. The van der Waals surface area contributed by atoms with E-state index >= 15 is 0 Å². The molecular weight excluding hydrogens is 312 g/mol. The van der Waals surface area contributed by atoms with Gasteiger partial charge in [-0.3, -0.25) is 9.59 Å². The van der Waals surface area contributed by atoms with Crippen molar-refractivity contribution in [2.24, 2.45) is 0 Å². The van der Waals surface area contributed by atoms with Crippen LogP contribution in [0.4, 0.5) is 0 Å². The van der Waals surface area contributed by atoms with Gasteiger partial charge in [0.2, 0.25) is 0 Å². The third kappa shape index (κ3) is 3.77. The number of allylic oxidation sites excluding steroid dienone is 2. The quantitative estimate of drug-likeness (QED) is 0.789. The molecule has 132 valence electrons. The predicted octanol–water partition coefficient (Wildman–Crippen LogP) is 1.81. The summed E-state index contributed by atoms with van der Waals surface area (Å²) < 4.78 is 17.3. The van der Waals surface area contributed by atoms with Gasteiger partial charge in [-0.15, -0.1) is 0 Å². The monoisotopic (exact) mass is 336 g/mol. The number of ether oxygens (including phenoxy) is 3. The van der Waals surface area contributed by atoms with Gasteiger partial charge < -0.3 is 19.3 Å². The molecule has 0 aromatic heterocycles. The third-order valence-electron chi connectivity index (χ3n) is 4.66. The van der Waals surface area contributed by atoms with Crippen LogP contribution in [0.3, 0.4) is 0 Å². The molecule has 6 nitrogen and oxygen atoms in total. The van der Waals surface area contributed by atoms with E-state index in [9.17, 15) is 14.7 Å². The average Bonchev–Trinajstić information content (AvgIpc) is 2.85. The van der Waals surface area contributed by atoms with Crippen molar-refractivity contribution in [1.29, 1.82) is 0 Å². The average molecular weight is 336 g/mol. The number of rotatable bonds is 4. The fourth-order valence-electron chi connectivity index (χ4n) is 3.58. The zero-order valence-electron chi connectivity index (χ0n) is 13.9. The largest absolute Gasteiger partial charge is 0.466 e. The summed E-state index contributed by atoms with van der Waals surface area (Å²) in [6.07, 6.45) is 8.40. The van der Waals surface area contributed by atoms with Crippen LogP contribution in [0.2, 0.25) is 0 Å². The maximum Gasteiger partial charge on any atom is 0.308 e. The molecule has 3 atom stereocenters. The fourth-order valence-corrected chi connectivity index (χ4v) is 3.58. The first-order valence-electron chi connectivity index (χ1n) is 8.58. The van der Waals surface area contributed by atoms with Crippen LogP contribution in [0.25, 0.3) is 0 Å². The minimum atomic E-state index is -0.914. The lowest BCUT2D eigenvalue weighted by Crippen LogP contribution is -2.48. The van der Waals surface area contributed by atoms with Gasteiger partial charge in [-0.05, 0) is 37.1 Å². The Morgan fingerprint density at radius 1 is 1.38 bits per heavy atom. The van der Waals surface area contributed by atoms with E-state index in [1.807, 2.05) is 6.92 Å². The van der Waals surface area contributed by atoms with Gasteiger partial charge in [-0.25, -0.2) is 0 Å². The van der Waals surface area contributed by atoms with E-state index in [0.29, 0.717) is 32.3 Å². The lowest BCUT2D eigenvalue weighted by Gasteiger charge is -2.41. The predicted molar refractivity (Wildman–Crippen MR) is 85.0 cm³/mol. The lowest BCUT2D eigenvalue weighted by molar-refractivity contribution is -0.291. The Labute approximate surface area is 141 Å². The van der Waals surface area contributed by atoms with E-state index in [0.717, 1.165) is 6.42 Å². The molecule has 2 unspecified atom stereocenters. The summed E-state index contributed by atoms with van der Waals surface area (Å²) in [6.45, 7) is 2.33. The van der Waals surface area contributed by atoms with Crippen LogP contribution in [0, 0.1) is 0 Å². The van der Waals surface area contributed by atoms with Crippen molar-refractivity contribution in [1.82, 2.24) is 0 Å². The van der Waals surface area contributed by atoms with Crippen molar-refractivity contribution >= 4 is 11.8 Å². The molecule has 0 aromatic carbocycles. The zero-order valence-corrected chi connectivity index (χ0v) is 13.9. The Hall–Kier alpha value is -1.50. The molecule has 3 aliphatic rings. The molecule has 0 amide bonds. The molecule has 3 rings (SSSR count). The molecule has 6 heteroatoms. The van der Waals surface area contributed by atoms with Gasteiger partial charge in [0.25, 0.3) is 0 Å². The van der Waals surface area contributed by atoms with E-state index in [-0.39, 0.29) is 18.2 Å². The van der Waals surface area contributed by atoms with Gasteiger partial charge in [0.15, 0.2) is 11.6 Å². The number of hydrogen-bond acceptors (Lipinski definition) is 6. The Morgan fingerprint density at radius 3 is 2.83 bits per heavy atom. The molecule has 0 saturated carbocycles. The topological polar surface area (TPSA) is 82.1 Å². The highest BCUT2D eigenvalue weighted by Crippen LogP contribution is 2.47. The van der Waals surface area contributed by atoms with Crippen LogP contribution >= 0.6 is 0 Å². The highest BCUT2D eigenvalue weighted by molar-refractivity contribution is 6.00. The van der Waals surface area contributed by atoms with E-state index < -0.39 is 23.6 Å². The second kappa shape index (κ2) is 6.78. The minimum absolute atomic E-state index is 0.0636. The smallest absolute Gasteiger partial charge is 0.308 e. The zero-order chi connectivity index (χ0) is 17.2. The van der Waals surface area contributed by atoms with Gasteiger partial charge in [-0.2, -0.15) is 0 Å². The molecule has 2 aliphatic heterocycles. The number of aliphatic hydroxyl groups excluding tert-OH is 1. The van der Waals surface area contributed by atoms with Gasteiger partial charge in [0.1, 0.15) is 5.60 Å². The summed E-state index contributed by atoms with van der Waals surface area (Å²) in [5.41, 5.74) is -0.655. The summed E-state index contributed by atoms with van der Waals surface area (Å²) in [7, 11) is 0. The maximum atomic E-state index is 11.8. The summed E-state index contributed by atoms with van der Waals surface area (Å²) >= 11 is 0. The van der Waals surface area contributed by atoms with Crippen LogP contribution in [0.5, 0.6) is 0 Å². The van der Waals surface area contributed by atoms with Crippen LogP contribution in [0.1, 0.15) is 45.4 Å². The molecule has 1 N–H and O–H groups in total. The molecule has 0 bridgehead atoms. The van der Waals surface area contributed by atoms with Crippen molar-refractivity contribution < 1.29 is 28.9 Å². The van der Waals surface area contributed by atoms with Gasteiger partial charge in [0.05, 0.1) is 25.2 Å². The van der Waals surface area contributed by atoms with Crippen molar-refractivity contribution in [2.75, 3.05) is 6.61 Å². The maximum absolute atomic E-state index is 11.8. The molecule has 2 heterocycles. The second-order valence-corrected chi connectivity index (χ2v) is 6.79. The van der Waals surface area contributed by atoms with E-state index in [4.69, 9.17) is 14.2 Å². The molecule has 0 radical (unpaired) electrons. The van der Waals surface area contributed by atoms with Crippen molar-refractivity contribution in [3.05, 3.63) is 24.3 Å². The number of hydrogen-bond donors (Lipinski definition) is 1. The molecule has 2 fully saturated rings. The van der Waals surface area contributed by atoms with Gasteiger partial charge in [0, 0.05) is 19.3 Å². The Balaban J connectivity index is 1.65. The summed E-state index contributed by atoms with van der Waals surface area (Å²) in [5.74, 6) is -1.30. The van der Waals surface area contributed by atoms with Crippen molar-refractivity contribution in [2.45, 2.75) is 69.0 Å². The van der Waals surface area contributed by atoms with Gasteiger partial charge >= 0.3 is 5.97 Å². The first-order valence-corrected chi connectivity index (χ1v) is 8.58. The van der Waals surface area contributed by atoms with Crippen LogP contribution < -0.4 is 0 Å². The van der Waals surface area contributed by atoms with Gasteiger partial charge in [-0.1, -0.05) is 6.92 Å². The molecule has 24 heavy (non-hydrogen) atoms. The number of carbonyl (C=O) groups is 2. The first-order chi connectivity index (χ1) is 11.4. The van der Waals surface area contributed by atoms with Crippen LogP contribution in [-0.2, 0) is 23.8 Å². The highest BCUT2D eigenvalue weighted by atomic mass is 16.7. The molecule has 1 aliphatic carbocycles. The molecular formula is C18H24O6. The SMILES string of the molecule is CCCOC(=O)CC1CC(O)C[C@@]2(CCC3(C=CC(=O)C=C3)O2)O1. The summed E-state index contributed by atoms with van der Waals surface area (Å²) in [6, 6.07) is 0. The normalized spacial score (nSPS) is 34.2. The third-order valence-corrected chi connectivity index (χ3v) is 4.66. The number of carbonyl (C=O) groups excluding carboxylic acids is 2.